The average Bonchev–Trinajstić information content (AvgIpc) is 2.65. The van der Waals surface area contributed by atoms with Gasteiger partial charge in [-0.3, -0.25) is 0 Å². The van der Waals surface area contributed by atoms with Gasteiger partial charge < -0.3 is 19.9 Å². The van der Waals surface area contributed by atoms with Crippen molar-refractivity contribution in [3.8, 4) is 17.2 Å². The molecule has 0 bridgehead atoms. The van der Waals surface area contributed by atoms with Crippen molar-refractivity contribution in [1.29, 1.82) is 0 Å². The predicted octanol–water partition coefficient (Wildman–Crippen LogP) is 3.56. The molecular weight excluding hydrogens is 302 g/mol. The van der Waals surface area contributed by atoms with Gasteiger partial charge in [-0.05, 0) is 48.2 Å². The van der Waals surface area contributed by atoms with E-state index in [-0.39, 0.29) is 5.92 Å². The van der Waals surface area contributed by atoms with Gasteiger partial charge in [-0.2, -0.15) is 0 Å². The van der Waals surface area contributed by atoms with Gasteiger partial charge in [0.1, 0.15) is 17.2 Å². The Hall–Kier alpha value is -2.20. The van der Waals surface area contributed by atoms with E-state index in [0.29, 0.717) is 6.54 Å². The van der Waals surface area contributed by atoms with E-state index in [0.717, 1.165) is 35.7 Å². The summed E-state index contributed by atoms with van der Waals surface area (Å²) in [5.41, 5.74) is 9.63. The van der Waals surface area contributed by atoms with E-state index in [2.05, 4.69) is 19.1 Å². The molecule has 0 aromatic heterocycles. The summed E-state index contributed by atoms with van der Waals surface area (Å²) in [4.78, 5) is 0. The van der Waals surface area contributed by atoms with E-state index in [9.17, 15) is 0 Å². The van der Waals surface area contributed by atoms with Gasteiger partial charge in [0.15, 0.2) is 0 Å². The molecule has 1 unspecified atom stereocenters. The Balaban J connectivity index is 2.29. The minimum Gasteiger partial charge on any atom is -0.497 e. The number of hydrogen-bond donors (Lipinski definition) is 1. The Kier molecular flexibility index (Phi) is 6.50. The molecule has 2 N–H and O–H groups in total. The summed E-state index contributed by atoms with van der Waals surface area (Å²) in [5, 5.41) is 0. The van der Waals surface area contributed by atoms with Crippen molar-refractivity contribution in [2.45, 2.75) is 25.7 Å². The molecule has 130 valence electrons. The zero-order chi connectivity index (χ0) is 17.5. The van der Waals surface area contributed by atoms with E-state index >= 15 is 0 Å². The molecule has 4 heteroatoms. The van der Waals surface area contributed by atoms with Crippen LogP contribution in [-0.4, -0.2) is 27.9 Å². The van der Waals surface area contributed by atoms with Crippen molar-refractivity contribution in [2.24, 2.45) is 5.73 Å². The maximum Gasteiger partial charge on any atom is 0.126 e. The highest BCUT2D eigenvalue weighted by molar-refractivity contribution is 5.44. The molecule has 4 nitrogen and oxygen atoms in total. The largest absolute Gasteiger partial charge is 0.497 e. The van der Waals surface area contributed by atoms with Crippen LogP contribution in [0.5, 0.6) is 17.2 Å². The quantitative estimate of drug-likeness (QED) is 0.804. The number of nitrogens with two attached hydrogens (primary N) is 1. The molecule has 2 aromatic rings. The van der Waals surface area contributed by atoms with Gasteiger partial charge in [0.25, 0.3) is 0 Å². The summed E-state index contributed by atoms with van der Waals surface area (Å²) in [5.74, 6) is 2.72. The minimum absolute atomic E-state index is 0.184. The maximum atomic E-state index is 6.06. The molecule has 0 aliphatic carbocycles. The highest BCUT2D eigenvalue weighted by Gasteiger charge is 2.17. The van der Waals surface area contributed by atoms with Crippen LogP contribution in [0.15, 0.2) is 36.4 Å². The summed E-state index contributed by atoms with van der Waals surface area (Å²) >= 11 is 0. The molecule has 2 rings (SSSR count). The Morgan fingerprint density at radius 1 is 0.917 bits per heavy atom. The molecular formula is C20H27NO3. The van der Waals surface area contributed by atoms with Crippen LogP contribution in [0.25, 0.3) is 0 Å². The normalized spacial score (nSPS) is 11.9. The van der Waals surface area contributed by atoms with Gasteiger partial charge in [0.2, 0.25) is 0 Å². The zero-order valence-corrected chi connectivity index (χ0v) is 15.0. The van der Waals surface area contributed by atoms with Gasteiger partial charge in [-0.15, -0.1) is 0 Å². The molecule has 0 fully saturated rings. The highest BCUT2D eigenvalue weighted by atomic mass is 16.5. The second-order valence-corrected chi connectivity index (χ2v) is 5.74. The van der Waals surface area contributed by atoms with Crippen LogP contribution in [0.3, 0.4) is 0 Å². The fraction of sp³-hybridized carbons (Fsp3) is 0.400. The van der Waals surface area contributed by atoms with Crippen molar-refractivity contribution >= 4 is 0 Å². The minimum atomic E-state index is 0.184. The van der Waals surface area contributed by atoms with Crippen LogP contribution in [0, 0.1) is 0 Å². The summed E-state index contributed by atoms with van der Waals surface area (Å²) < 4.78 is 16.2. The lowest BCUT2D eigenvalue weighted by Crippen LogP contribution is -2.16. The molecule has 0 aliphatic rings. The summed E-state index contributed by atoms with van der Waals surface area (Å²) in [6, 6.07) is 12.2. The van der Waals surface area contributed by atoms with E-state index in [1.54, 1.807) is 21.3 Å². The fourth-order valence-electron chi connectivity index (χ4n) is 3.00. The monoisotopic (exact) mass is 329 g/mol. The average molecular weight is 329 g/mol. The summed E-state index contributed by atoms with van der Waals surface area (Å²) in [6.07, 6.45) is 1.80. The van der Waals surface area contributed by atoms with Gasteiger partial charge in [0, 0.05) is 12.0 Å². The third-order valence-electron chi connectivity index (χ3n) is 4.37. The molecule has 0 saturated heterocycles. The first-order valence-electron chi connectivity index (χ1n) is 8.24. The number of hydrogen-bond acceptors (Lipinski definition) is 4. The molecule has 0 saturated carbocycles. The van der Waals surface area contributed by atoms with Crippen LogP contribution in [0.1, 0.15) is 29.5 Å². The van der Waals surface area contributed by atoms with Gasteiger partial charge in [-0.1, -0.05) is 25.1 Å². The van der Waals surface area contributed by atoms with Gasteiger partial charge in [-0.25, -0.2) is 0 Å². The number of methoxy groups -OCH3 is 3. The van der Waals surface area contributed by atoms with E-state index in [1.807, 2.05) is 24.3 Å². The van der Waals surface area contributed by atoms with Crippen LogP contribution < -0.4 is 19.9 Å². The topological polar surface area (TPSA) is 53.7 Å². The first-order chi connectivity index (χ1) is 11.7. The Morgan fingerprint density at radius 3 is 2.25 bits per heavy atom. The molecule has 2 aromatic carbocycles. The highest BCUT2D eigenvalue weighted by Crippen LogP contribution is 2.33. The van der Waals surface area contributed by atoms with Crippen molar-refractivity contribution < 1.29 is 14.2 Å². The van der Waals surface area contributed by atoms with Crippen LogP contribution >= 0.6 is 0 Å². The zero-order valence-electron chi connectivity index (χ0n) is 15.0. The molecule has 24 heavy (non-hydrogen) atoms. The maximum absolute atomic E-state index is 6.06. The van der Waals surface area contributed by atoms with E-state index in [1.165, 1.54) is 11.1 Å². The fourth-order valence-corrected chi connectivity index (χ4v) is 3.00. The predicted molar refractivity (Wildman–Crippen MR) is 97.4 cm³/mol. The van der Waals surface area contributed by atoms with Crippen molar-refractivity contribution in [3.05, 3.63) is 53.1 Å². The standard InChI is InChI=1S/C20H27NO3/c1-5-15-10-14(6-9-19(15)23-3)11-16(13-21)18-8-7-17(22-2)12-20(18)24-4/h6-10,12,16H,5,11,13,21H2,1-4H3. The van der Waals surface area contributed by atoms with Crippen molar-refractivity contribution in [1.82, 2.24) is 0 Å². The summed E-state index contributed by atoms with van der Waals surface area (Å²) in [7, 11) is 5.03. The van der Waals surface area contributed by atoms with Gasteiger partial charge in [0.05, 0.1) is 21.3 Å². The lowest BCUT2D eigenvalue weighted by Gasteiger charge is -2.20. The van der Waals surface area contributed by atoms with Crippen LogP contribution in [0.2, 0.25) is 0 Å². The SMILES string of the molecule is CCc1cc(CC(CN)c2ccc(OC)cc2OC)ccc1OC. The smallest absolute Gasteiger partial charge is 0.126 e. The van der Waals surface area contributed by atoms with Crippen molar-refractivity contribution in [2.75, 3.05) is 27.9 Å². The lowest BCUT2D eigenvalue weighted by atomic mass is 9.90. The first kappa shape index (κ1) is 18.1. The molecule has 0 amide bonds. The number of benzene rings is 2. The molecule has 0 aliphatic heterocycles. The molecule has 0 radical (unpaired) electrons. The molecule has 0 spiro atoms. The van der Waals surface area contributed by atoms with E-state index < -0.39 is 0 Å². The van der Waals surface area contributed by atoms with Crippen LogP contribution in [0.4, 0.5) is 0 Å². The lowest BCUT2D eigenvalue weighted by molar-refractivity contribution is 0.388. The third kappa shape index (κ3) is 4.01. The molecule has 1 atom stereocenters. The summed E-state index contributed by atoms with van der Waals surface area (Å²) in [6.45, 7) is 2.69. The number of rotatable bonds is 8. The van der Waals surface area contributed by atoms with Crippen molar-refractivity contribution in [3.63, 3.8) is 0 Å². The Bertz CT molecular complexity index is 670. The van der Waals surface area contributed by atoms with Crippen LogP contribution in [-0.2, 0) is 12.8 Å². The second kappa shape index (κ2) is 8.60. The van der Waals surface area contributed by atoms with E-state index in [4.69, 9.17) is 19.9 Å². The third-order valence-corrected chi connectivity index (χ3v) is 4.37. The Morgan fingerprint density at radius 2 is 1.67 bits per heavy atom. The Labute approximate surface area is 144 Å². The first-order valence-corrected chi connectivity index (χ1v) is 8.24. The molecule has 0 heterocycles. The second-order valence-electron chi connectivity index (χ2n) is 5.74. The van der Waals surface area contributed by atoms with Gasteiger partial charge >= 0.3 is 0 Å². The number of ether oxygens (including phenoxy) is 3. The number of aryl methyl sites for hydroxylation is 1.